The zero-order valence-corrected chi connectivity index (χ0v) is 9.03. The van der Waals surface area contributed by atoms with E-state index in [1.807, 2.05) is 6.92 Å². The molecule has 3 N–H and O–H groups in total. The first-order valence-corrected chi connectivity index (χ1v) is 5.05. The Morgan fingerprint density at radius 1 is 1.67 bits per heavy atom. The summed E-state index contributed by atoms with van der Waals surface area (Å²) in [4.78, 5) is 11.5. The van der Waals surface area contributed by atoms with Gasteiger partial charge in [-0.25, -0.2) is 0 Å². The molecule has 0 saturated heterocycles. The van der Waals surface area contributed by atoms with Crippen LogP contribution in [0, 0.1) is 5.92 Å². The second-order valence-electron chi connectivity index (χ2n) is 3.87. The van der Waals surface area contributed by atoms with Crippen molar-refractivity contribution in [2.24, 2.45) is 5.92 Å². The van der Waals surface area contributed by atoms with Crippen molar-refractivity contribution >= 4 is 5.91 Å². The Bertz CT molecular complexity index is 296. The maximum atomic E-state index is 11.5. The highest BCUT2D eigenvalue weighted by atomic mass is 16.3. The zero-order chi connectivity index (χ0) is 11.3. The quantitative estimate of drug-likeness (QED) is 0.665. The van der Waals surface area contributed by atoms with Crippen LogP contribution in [0.3, 0.4) is 0 Å². The highest BCUT2D eigenvalue weighted by molar-refractivity contribution is 5.92. The molecule has 1 amide bonds. The van der Waals surface area contributed by atoms with Crippen molar-refractivity contribution in [1.29, 1.82) is 0 Å². The van der Waals surface area contributed by atoms with E-state index in [0.717, 1.165) is 0 Å². The summed E-state index contributed by atoms with van der Waals surface area (Å²) < 4.78 is 0. The summed E-state index contributed by atoms with van der Waals surface area (Å²) in [5, 5.41) is 18.2. The predicted octanol–water partition coefficient (Wildman–Crippen LogP) is 0.546. The third-order valence-electron chi connectivity index (χ3n) is 2.10. The topological polar surface area (TPSA) is 78.0 Å². The van der Waals surface area contributed by atoms with Crippen molar-refractivity contribution in [3.8, 4) is 0 Å². The molecule has 1 rings (SSSR count). The molecule has 0 aliphatic carbocycles. The SMILES string of the molecule is CC(O)CC(C)CNC(=O)c1ccn[nH]1. The molecule has 0 saturated carbocycles. The van der Waals surface area contributed by atoms with E-state index in [1.165, 1.54) is 6.20 Å². The minimum absolute atomic E-state index is 0.162. The number of rotatable bonds is 5. The van der Waals surface area contributed by atoms with E-state index in [4.69, 9.17) is 5.11 Å². The number of aliphatic hydroxyl groups is 1. The van der Waals surface area contributed by atoms with Gasteiger partial charge in [0.1, 0.15) is 5.69 Å². The van der Waals surface area contributed by atoms with Gasteiger partial charge in [-0.15, -0.1) is 0 Å². The van der Waals surface area contributed by atoms with E-state index >= 15 is 0 Å². The van der Waals surface area contributed by atoms with Gasteiger partial charge in [0.05, 0.1) is 6.10 Å². The smallest absolute Gasteiger partial charge is 0.269 e. The number of hydrogen-bond acceptors (Lipinski definition) is 3. The molecule has 2 atom stereocenters. The molecule has 1 heterocycles. The summed E-state index contributed by atoms with van der Waals surface area (Å²) >= 11 is 0. The largest absolute Gasteiger partial charge is 0.393 e. The summed E-state index contributed by atoms with van der Waals surface area (Å²) in [6, 6.07) is 1.62. The summed E-state index contributed by atoms with van der Waals surface area (Å²) in [6.45, 7) is 4.29. The molecule has 2 unspecified atom stereocenters. The van der Waals surface area contributed by atoms with Crippen molar-refractivity contribution in [1.82, 2.24) is 15.5 Å². The van der Waals surface area contributed by atoms with Gasteiger partial charge in [-0.05, 0) is 25.3 Å². The average Bonchev–Trinajstić information content (AvgIpc) is 2.65. The number of nitrogens with zero attached hydrogens (tertiary/aromatic N) is 1. The monoisotopic (exact) mass is 211 g/mol. The molecule has 0 fully saturated rings. The summed E-state index contributed by atoms with van der Waals surface area (Å²) in [5.41, 5.74) is 0.458. The number of carbonyl (C=O) groups is 1. The molecule has 84 valence electrons. The Morgan fingerprint density at radius 2 is 2.40 bits per heavy atom. The van der Waals surface area contributed by atoms with Gasteiger partial charge in [0.2, 0.25) is 0 Å². The molecule has 0 radical (unpaired) electrons. The van der Waals surface area contributed by atoms with Gasteiger partial charge in [-0.1, -0.05) is 6.92 Å². The highest BCUT2D eigenvalue weighted by Crippen LogP contribution is 2.04. The number of nitrogens with one attached hydrogen (secondary N) is 2. The number of H-pyrrole nitrogens is 1. The maximum Gasteiger partial charge on any atom is 0.269 e. The number of carbonyl (C=O) groups excluding carboxylic acids is 1. The lowest BCUT2D eigenvalue weighted by atomic mass is 10.0. The number of amides is 1. The van der Waals surface area contributed by atoms with Crippen molar-refractivity contribution in [2.75, 3.05) is 6.54 Å². The van der Waals surface area contributed by atoms with E-state index in [-0.39, 0.29) is 17.9 Å². The van der Waals surface area contributed by atoms with Crippen LogP contribution in [0.2, 0.25) is 0 Å². The van der Waals surface area contributed by atoms with Gasteiger partial charge in [-0.3, -0.25) is 9.89 Å². The Kier molecular flexibility index (Phi) is 4.30. The molecule has 1 aromatic heterocycles. The van der Waals surface area contributed by atoms with Gasteiger partial charge in [0, 0.05) is 12.7 Å². The molecule has 5 heteroatoms. The fourth-order valence-electron chi connectivity index (χ4n) is 1.41. The summed E-state index contributed by atoms with van der Waals surface area (Å²) in [5.74, 6) is 0.0989. The van der Waals surface area contributed by atoms with Crippen molar-refractivity contribution in [2.45, 2.75) is 26.4 Å². The van der Waals surface area contributed by atoms with Crippen LogP contribution in [0.25, 0.3) is 0 Å². The predicted molar refractivity (Wildman–Crippen MR) is 56.4 cm³/mol. The molecule has 0 aliphatic heterocycles. The first-order chi connectivity index (χ1) is 7.09. The first-order valence-electron chi connectivity index (χ1n) is 5.05. The molecule has 1 aromatic rings. The molecular weight excluding hydrogens is 194 g/mol. The molecule has 15 heavy (non-hydrogen) atoms. The van der Waals surface area contributed by atoms with Gasteiger partial charge >= 0.3 is 0 Å². The number of hydrogen-bond donors (Lipinski definition) is 3. The van der Waals surface area contributed by atoms with Gasteiger partial charge < -0.3 is 10.4 Å². The van der Waals surface area contributed by atoms with Gasteiger partial charge in [0.25, 0.3) is 5.91 Å². The number of aromatic amines is 1. The van der Waals surface area contributed by atoms with Crippen LogP contribution in [-0.4, -0.2) is 33.9 Å². The van der Waals surface area contributed by atoms with E-state index in [1.54, 1.807) is 13.0 Å². The second-order valence-corrected chi connectivity index (χ2v) is 3.87. The average molecular weight is 211 g/mol. The van der Waals surface area contributed by atoms with Crippen LogP contribution in [0.4, 0.5) is 0 Å². The molecule has 0 aliphatic rings. The third kappa shape index (κ3) is 4.12. The highest BCUT2D eigenvalue weighted by Gasteiger charge is 2.10. The Morgan fingerprint density at radius 3 is 2.93 bits per heavy atom. The maximum absolute atomic E-state index is 11.5. The minimum atomic E-state index is -0.330. The minimum Gasteiger partial charge on any atom is -0.393 e. The number of aliphatic hydroxyl groups excluding tert-OH is 1. The molecule has 0 spiro atoms. The van der Waals surface area contributed by atoms with Crippen LogP contribution in [0.5, 0.6) is 0 Å². The fraction of sp³-hybridized carbons (Fsp3) is 0.600. The lowest BCUT2D eigenvalue weighted by molar-refractivity contribution is 0.0934. The summed E-state index contributed by atoms with van der Waals surface area (Å²) in [7, 11) is 0. The lowest BCUT2D eigenvalue weighted by Gasteiger charge is -2.13. The summed E-state index contributed by atoms with van der Waals surface area (Å²) in [6.07, 6.45) is 1.89. The van der Waals surface area contributed by atoms with Crippen LogP contribution in [0.15, 0.2) is 12.3 Å². The van der Waals surface area contributed by atoms with Crippen molar-refractivity contribution in [3.63, 3.8) is 0 Å². The standard InChI is InChI=1S/C10H17N3O2/c1-7(5-8(2)14)6-11-10(15)9-3-4-12-13-9/h3-4,7-8,14H,5-6H2,1-2H3,(H,11,15)(H,12,13). The Hall–Kier alpha value is -1.36. The molecule has 0 aromatic carbocycles. The van der Waals surface area contributed by atoms with E-state index in [0.29, 0.717) is 18.7 Å². The second kappa shape index (κ2) is 5.50. The van der Waals surface area contributed by atoms with E-state index in [2.05, 4.69) is 15.5 Å². The van der Waals surface area contributed by atoms with Crippen LogP contribution < -0.4 is 5.32 Å². The van der Waals surface area contributed by atoms with Crippen molar-refractivity contribution < 1.29 is 9.90 Å². The normalized spacial score (nSPS) is 14.6. The molecular formula is C10H17N3O2. The van der Waals surface area contributed by atoms with Gasteiger partial charge in [-0.2, -0.15) is 5.10 Å². The van der Waals surface area contributed by atoms with E-state index < -0.39 is 0 Å². The van der Waals surface area contributed by atoms with Crippen LogP contribution >= 0.6 is 0 Å². The fourth-order valence-corrected chi connectivity index (χ4v) is 1.41. The van der Waals surface area contributed by atoms with E-state index in [9.17, 15) is 4.79 Å². The number of aromatic nitrogens is 2. The van der Waals surface area contributed by atoms with Crippen LogP contribution in [0.1, 0.15) is 30.8 Å². The van der Waals surface area contributed by atoms with Crippen molar-refractivity contribution in [3.05, 3.63) is 18.0 Å². The molecule has 0 bridgehead atoms. The molecule has 5 nitrogen and oxygen atoms in total. The zero-order valence-electron chi connectivity index (χ0n) is 9.03. The lowest BCUT2D eigenvalue weighted by Crippen LogP contribution is -2.29. The first kappa shape index (κ1) is 11.7. The van der Waals surface area contributed by atoms with Crippen LogP contribution in [-0.2, 0) is 0 Å². The Balaban J connectivity index is 2.28. The Labute approximate surface area is 88.9 Å². The van der Waals surface area contributed by atoms with Gasteiger partial charge in [0.15, 0.2) is 0 Å². The third-order valence-corrected chi connectivity index (χ3v) is 2.10.